The molecule has 0 atom stereocenters. The van der Waals surface area contributed by atoms with Gasteiger partial charge in [0, 0.05) is 67.9 Å². The first-order chi connectivity index (χ1) is 20.9. The van der Waals surface area contributed by atoms with Gasteiger partial charge in [-0.05, 0) is 60.5 Å². The Balaban J connectivity index is 0.00000259. The van der Waals surface area contributed by atoms with E-state index in [1.54, 1.807) is 25.4 Å². The van der Waals surface area contributed by atoms with Crippen molar-refractivity contribution in [2.24, 2.45) is 10.9 Å². The number of aromatic nitrogens is 3. The first-order valence-corrected chi connectivity index (χ1v) is 15.0. The van der Waals surface area contributed by atoms with Gasteiger partial charge in [-0.25, -0.2) is 9.97 Å². The molecule has 1 aliphatic heterocycles. The molecule has 1 aliphatic rings. The zero-order chi connectivity index (χ0) is 32.5. The van der Waals surface area contributed by atoms with E-state index >= 15 is 0 Å². The number of nitrogens with one attached hydrogen (secondary N) is 1. The monoisotopic (exact) mass is 610 g/mol. The normalized spacial score (nSPS) is 15.2. The molecule has 0 unspecified atom stereocenters. The minimum Gasteiger partial charge on any atom is -0.373 e. The van der Waals surface area contributed by atoms with E-state index in [1.165, 1.54) is 23.4 Å². The molecule has 7 nitrogen and oxygen atoms in total. The summed E-state index contributed by atoms with van der Waals surface area (Å²) in [5.74, 6) is 1.48. The molecule has 44 heavy (non-hydrogen) atoms. The fourth-order valence-electron chi connectivity index (χ4n) is 5.22. The second-order valence-electron chi connectivity index (χ2n) is 11.8. The number of fused-ring (bicyclic) bond motifs is 1. The molecule has 1 N–H and O–H groups in total. The van der Waals surface area contributed by atoms with Gasteiger partial charge in [0.15, 0.2) is 5.82 Å². The molecule has 0 saturated heterocycles. The molecule has 10 heteroatoms. The Labute approximate surface area is 259 Å². The summed E-state index contributed by atoms with van der Waals surface area (Å²) in [5.41, 5.74) is 3.76. The van der Waals surface area contributed by atoms with Crippen molar-refractivity contribution in [3.05, 3.63) is 82.6 Å². The molecular weight excluding hydrogens is 565 g/mol. The number of ether oxygens (including phenoxy) is 1. The van der Waals surface area contributed by atoms with Gasteiger partial charge in [-0.3, -0.25) is 9.98 Å². The van der Waals surface area contributed by atoms with Gasteiger partial charge in [0.25, 0.3) is 0 Å². The van der Waals surface area contributed by atoms with Crippen molar-refractivity contribution >= 4 is 23.3 Å². The molecule has 0 saturated carbocycles. The summed E-state index contributed by atoms with van der Waals surface area (Å²) in [6.07, 6.45) is 1.91. The van der Waals surface area contributed by atoms with Crippen LogP contribution in [0.2, 0.25) is 0 Å². The lowest BCUT2D eigenvalue weighted by Gasteiger charge is -2.38. The van der Waals surface area contributed by atoms with E-state index in [0.717, 1.165) is 24.8 Å². The third-order valence-corrected chi connectivity index (χ3v) is 7.04. The number of aliphatic imine (C=N–C) groups is 1. The first-order valence-electron chi connectivity index (χ1n) is 15.0. The predicted octanol–water partition coefficient (Wildman–Crippen LogP) is 7.88. The molecule has 4 rings (SSSR count). The van der Waals surface area contributed by atoms with Gasteiger partial charge in [-0.2, -0.15) is 13.2 Å². The zero-order valence-electron chi connectivity index (χ0n) is 27.1. The SMILES string of the molecule is CC.CN=C(/C=C\c1cnc(COCC(C)C)nc1Nc1ccc2c(c1)CN(C)CC2(C)C)Cc1ncccc1C(F)(F)F. The summed E-state index contributed by atoms with van der Waals surface area (Å²) in [6.45, 7) is 15.3. The molecule has 0 radical (unpaired) electrons. The molecule has 0 aliphatic carbocycles. The number of benzene rings is 1. The Morgan fingerprint density at radius 3 is 2.61 bits per heavy atom. The molecule has 2 aromatic heterocycles. The average molecular weight is 611 g/mol. The third-order valence-electron chi connectivity index (χ3n) is 7.04. The van der Waals surface area contributed by atoms with Crippen LogP contribution in [0.5, 0.6) is 0 Å². The third kappa shape index (κ3) is 9.43. The van der Waals surface area contributed by atoms with Gasteiger partial charge in [0.05, 0.1) is 11.3 Å². The second-order valence-corrected chi connectivity index (χ2v) is 11.8. The number of likely N-dealkylation sites (N-methyl/N-ethyl adjacent to an activating group) is 1. The van der Waals surface area contributed by atoms with Crippen LogP contribution < -0.4 is 5.32 Å². The summed E-state index contributed by atoms with van der Waals surface area (Å²) in [6, 6.07) is 8.69. The van der Waals surface area contributed by atoms with Gasteiger partial charge in [0.2, 0.25) is 0 Å². The molecule has 3 aromatic rings. The van der Waals surface area contributed by atoms with Crippen LogP contribution in [0.15, 0.2) is 53.8 Å². The van der Waals surface area contributed by atoms with Crippen molar-refractivity contribution in [1.29, 1.82) is 0 Å². The van der Waals surface area contributed by atoms with E-state index in [9.17, 15) is 13.2 Å². The highest BCUT2D eigenvalue weighted by Crippen LogP contribution is 2.35. The lowest BCUT2D eigenvalue weighted by Crippen LogP contribution is -2.39. The lowest BCUT2D eigenvalue weighted by atomic mass is 9.78. The summed E-state index contributed by atoms with van der Waals surface area (Å²) in [4.78, 5) is 19.7. The van der Waals surface area contributed by atoms with Crippen molar-refractivity contribution in [2.45, 2.75) is 72.7 Å². The van der Waals surface area contributed by atoms with Crippen LogP contribution in [0.3, 0.4) is 0 Å². The summed E-state index contributed by atoms with van der Waals surface area (Å²) >= 11 is 0. The Kier molecular flexibility index (Phi) is 12.2. The van der Waals surface area contributed by atoms with Crippen molar-refractivity contribution in [2.75, 3.05) is 32.6 Å². The highest BCUT2D eigenvalue weighted by atomic mass is 19.4. The molecule has 0 bridgehead atoms. The number of rotatable bonds is 10. The molecule has 1 aromatic carbocycles. The van der Waals surface area contributed by atoms with Crippen LogP contribution in [0.1, 0.15) is 75.3 Å². The van der Waals surface area contributed by atoms with Crippen LogP contribution in [0.4, 0.5) is 24.7 Å². The molecule has 0 fully saturated rings. The maximum atomic E-state index is 13.5. The van der Waals surface area contributed by atoms with Gasteiger partial charge >= 0.3 is 6.18 Å². The largest absolute Gasteiger partial charge is 0.418 e. The fourth-order valence-corrected chi connectivity index (χ4v) is 5.22. The number of anilines is 2. The van der Waals surface area contributed by atoms with Crippen LogP contribution in [0, 0.1) is 5.92 Å². The molecule has 0 spiro atoms. The average Bonchev–Trinajstić information content (AvgIpc) is 2.96. The minimum atomic E-state index is -4.50. The lowest BCUT2D eigenvalue weighted by molar-refractivity contribution is -0.138. The smallest absolute Gasteiger partial charge is 0.373 e. The van der Waals surface area contributed by atoms with E-state index in [1.807, 2.05) is 13.8 Å². The Bertz CT molecular complexity index is 1450. The maximum absolute atomic E-state index is 13.5. The number of nitrogens with zero attached hydrogens (tertiary/aromatic N) is 5. The van der Waals surface area contributed by atoms with Crippen molar-refractivity contribution in [1.82, 2.24) is 19.9 Å². The highest BCUT2D eigenvalue weighted by molar-refractivity contribution is 6.00. The van der Waals surface area contributed by atoms with Gasteiger partial charge in [-0.15, -0.1) is 0 Å². The fraction of sp³-hybridized carbons (Fsp3) is 0.471. The van der Waals surface area contributed by atoms with Crippen molar-refractivity contribution < 1.29 is 17.9 Å². The minimum absolute atomic E-state index is 0.0417. The Hall–Kier alpha value is -3.63. The summed E-state index contributed by atoms with van der Waals surface area (Å²) < 4.78 is 46.3. The number of hydrogen-bond acceptors (Lipinski definition) is 7. The van der Waals surface area contributed by atoms with Crippen LogP contribution in [0.25, 0.3) is 6.08 Å². The van der Waals surface area contributed by atoms with Crippen molar-refractivity contribution in [3.63, 3.8) is 0 Å². The van der Waals surface area contributed by atoms with Gasteiger partial charge < -0.3 is 15.0 Å². The van der Waals surface area contributed by atoms with Crippen LogP contribution in [-0.4, -0.2) is 52.8 Å². The molecule has 238 valence electrons. The predicted molar refractivity (Wildman–Crippen MR) is 172 cm³/mol. The van der Waals surface area contributed by atoms with E-state index in [-0.39, 0.29) is 24.1 Å². The molecule has 3 heterocycles. The molecule has 0 amide bonds. The summed E-state index contributed by atoms with van der Waals surface area (Å²) in [5, 5.41) is 3.45. The van der Waals surface area contributed by atoms with E-state index in [4.69, 9.17) is 9.72 Å². The number of hydrogen-bond donors (Lipinski definition) is 1. The number of allylic oxidation sites excluding steroid dienone is 1. The molecular formula is C34H45F3N6O. The number of alkyl halides is 3. The highest BCUT2D eigenvalue weighted by Gasteiger charge is 2.34. The Morgan fingerprint density at radius 1 is 1.18 bits per heavy atom. The van der Waals surface area contributed by atoms with Crippen molar-refractivity contribution in [3.8, 4) is 0 Å². The van der Waals surface area contributed by atoms with E-state index < -0.39 is 11.7 Å². The first kappa shape index (κ1) is 34.9. The Morgan fingerprint density at radius 2 is 1.93 bits per heavy atom. The van der Waals surface area contributed by atoms with E-state index in [0.29, 0.717) is 35.4 Å². The zero-order valence-corrected chi connectivity index (χ0v) is 27.1. The van der Waals surface area contributed by atoms with Gasteiger partial charge in [-0.1, -0.05) is 47.6 Å². The van der Waals surface area contributed by atoms with Crippen LogP contribution in [-0.2, 0) is 35.9 Å². The maximum Gasteiger partial charge on any atom is 0.418 e. The van der Waals surface area contributed by atoms with Crippen LogP contribution >= 0.6 is 0 Å². The topological polar surface area (TPSA) is 75.5 Å². The summed E-state index contributed by atoms with van der Waals surface area (Å²) in [7, 11) is 3.67. The standard InChI is InChI=1S/C32H39F3N6O.C2H6/c1-21(2)18-42-19-29-38-16-22(9-10-24(36-5)15-28-27(32(33,34)35)8-7-13-37-28)30(40-29)39-25-11-12-26-23(14-25)17-41(6)20-31(26,3)4;1-2/h7-14,16,21H,15,17-20H2,1-6H3,(H,38,39,40);1-2H3/b10-9-,36-24?;. The number of pyridine rings is 1. The van der Waals surface area contributed by atoms with E-state index in [2.05, 4.69) is 78.1 Å². The quantitative estimate of drug-likeness (QED) is 0.235. The van der Waals surface area contributed by atoms with Gasteiger partial charge in [0.1, 0.15) is 12.4 Å². The second kappa shape index (κ2) is 15.4. The number of halogens is 3.